The molecule has 0 aromatic carbocycles. The molecule has 0 aliphatic rings. The molecular weight excluding hydrogens is 278 g/mol. The van der Waals surface area contributed by atoms with Crippen LogP contribution < -0.4 is 0 Å². The van der Waals surface area contributed by atoms with Gasteiger partial charge >= 0.3 is 35.8 Å². The largest absolute Gasteiger partial charge is 0.473 e. The lowest BCUT2D eigenvalue weighted by atomic mass is 10.7. The van der Waals surface area contributed by atoms with E-state index in [2.05, 4.69) is 14.5 Å². The molecule has 0 unspecified atom stereocenters. The summed E-state index contributed by atoms with van der Waals surface area (Å²) in [5.74, 6) is -13.2. The normalized spacial score (nSPS) is 9.32. The van der Waals surface area contributed by atoms with E-state index >= 15 is 0 Å². The highest BCUT2D eigenvalue weighted by atomic mass is 17.2. The Morgan fingerprint density at radius 3 is 0.947 bits per heavy atom. The van der Waals surface area contributed by atoms with Gasteiger partial charge in [-0.05, 0) is 0 Å². The summed E-state index contributed by atoms with van der Waals surface area (Å²) in [4.78, 5) is 72.3. The smallest absolute Gasteiger partial charge is 0.441 e. The molecule has 13 nitrogen and oxygen atoms in total. The van der Waals surface area contributed by atoms with E-state index in [1.54, 1.807) is 0 Å². The van der Waals surface area contributed by atoms with Crippen LogP contribution in [0, 0.1) is 0 Å². The molecule has 0 fully saturated rings. The molecule has 0 aromatic rings. The predicted molar refractivity (Wildman–Crippen MR) is 43.0 cm³/mol. The van der Waals surface area contributed by atoms with E-state index in [0.29, 0.717) is 0 Å². The van der Waals surface area contributed by atoms with Crippen molar-refractivity contribution in [2.24, 2.45) is 0 Å². The molecule has 0 aliphatic carbocycles. The van der Waals surface area contributed by atoms with Crippen LogP contribution in [0.15, 0.2) is 0 Å². The second kappa shape index (κ2) is 6.50. The third-order valence-electron chi connectivity index (χ3n) is 0.996. The van der Waals surface area contributed by atoms with Gasteiger partial charge in [-0.2, -0.15) is 0 Å². The fourth-order valence-corrected chi connectivity index (χ4v) is 0.376. The lowest BCUT2D eigenvalue weighted by molar-refractivity contribution is -0.461. The third-order valence-corrected chi connectivity index (χ3v) is 0.996. The van der Waals surface area contributed by atoms with Crippen LogP contribution in [-0.4, -0.2) is 56.5 Å². The molecule has 0 saturated heterocycles. The van der Waals surface area contributed by atoms with Crippen LogP contribution in [0.4, 0.5) is 0 Å². The van der Waals surface area contributed by atoms with Crippen LogP contribution in [0.2, 0.25) is 0 Å². The van der Waals surface area contributed by atoms with E-state index in [0.717, 1.165) is 0 Å². The number of nitrogens with zero attached hydrogens (tertiary/aromatic N) is 1. The van der Waals surface area contributed by atoms with Crippen molar-refractivity contribution in [3.8, 4) is 0 Å². The van der Waals surface area contributed by atoms with Crippen LogP contribution in [0.25, 0.3) is 0 Å². The number of carbonyl (C=O) groups is 6. The van der Waals surface area contributed by atoms with Crippen LogP contribution in [0.5, 0.6) is 0 Å². The number of hydrogen-bond acceptors (Lipinski definition) is 10. The molecule has 0 radical (unpaired) electrons. The quantitative estimate of drug-likeness (QED) is 0.348. The molecule has 0 amide bonds. The van der Waals surface area contributed by atoms with Crippen molar-refractivity contribution in [2.45, 2.75) is 0 Å². The first-order chi connectivity index (χ1) is 8.65. The summed E-state index contributed by atoms with van der Waals surface area (Å²) in [6.07, 6.45) is 0. The Hall–Kier alpha value is -3.22. The molecule has 19 heavy (non-hydrogen) atoms. The average molecular weight is 281 g/mol. The molecule has 0 heterocycles. The Morgan fingerprint density at radius 1 is 0.579 bits per heavy atom. The standard InChI is InChI=1S/C6H3NO12/c8-1(9)4(14)17-7(18-5(15)2(10)11)19-6(16)3(12)13/h(H,8,9)(H,10,11)(H,12,13). The molecule has 104 valence electrons. The Morgan fingerprint density at radius 2 is 0.789 bits per heavy atom. The summed E-state index contributed by atoms with van der Waals surface area (Å²) >= 11 is 0. The predicted octanol–water partition coefficient (Wildman–Crippen LogP) is -3.08. The molecular formula is C6H3NO12. The maximum absolute atomic E-state index is 10.5. The van der Waals surface area contributed by atoms with Gasteiger partial charge in [0.2, 0.25) is 5.39 Å². The Labute approximate surface area is 101 Å². The maximum atomic E-state index is 10.5. The molecule has 0 bridgehead atoms. The minimum Gasteiger partial charge on any atom is -0.473 e. The van der Waals surface area contributed by atoms with Crippen LogP contribution in [-0.2, 0) is 43.3 Å². The molecule has 0 saturated carbocycles. The van der Waals surface area contributed by atoms with Crippen molar-refractivity contribution in [3.63, 3.8) is 0 Å². The Bertz CT molecular complexity index is 385. The number of carboxylic acids is 3. The molecule has 0 rings (SSSR count). The monoisotopic (exact) mass is 281 g/mol. The number of carbonyl (C=O) groups excluding carboxylic acids is 3. The summed E-state index contributed by atoms with van der Waals surface area (Å²) in [7, 11) is 0. The van der Waals surface area contributed by atoms with E-state index in [1.165, 1.54) is 0 Å². The fraction of sp³-hybridized carbons (Fsp3) is 0. The lowest BCUT2D eigenvalue weighted by Gasteiger charge is -2.13. The SMILES string of the molecule is O=C(O)C(=O)ON(OC(=O)C(=O)O)OC(=O)C(=O)O. The van der Waals surface area contributed by atoms with Gasteiger partial charge in [0, 0.05) is 0 Å². The maximum Gasteiger partial charge on any atom is 0.441 e. The number of hydrogen-bond donors (Lipinski definition) is 3. The highest BCUT2D eigenvalue weighted by molar-refractivity contribution is 6.30. The third kappa shape index (κ3) is 5.59. The van der Waals surface area contributed by atoms with E-state index in [1.807, 2.05) is 0 Å². The first-order valence-corrected chi connectivity index (χ1v) is 3.81. The van der Waals surface area contributed by atoms with Gasteiger partial charge in [0.15, 0.2) is 0 Å². The van der Waals surface area contributed by atoms with Crippen molar-refractivity contribution < 1.29 is 58.6 Å². The van der Waals surface area contributed by atoms with Crippen molar-refractivity contribution in [1.29, 1.82) is 0 Å². The van der Waals surface area contributed by atoms with Gasteiger partial charge in [-0.25, -0.2) is 28.8 Å². The molecule has 13 heteroatoms. The van der Waals surface area contributed by atoms with Crippen molar-refractivity contribution in [3.05, 3.63) is 0 Å². The van der Waals surface area contributed by atoms with Gasteiger partial charge in [-0.15, -0.1) is 0 Å². The zero-order valence-electron chi connectivity index (χ0n) is 8.46. The zero-order valence-corrected chi connectivity index (χ0v) is 8.46. The van der Waals surface area contributed by atoms with Crippen molar-refractivity contribution >= 4 is 35.8 Å². The first-order valence-electron chi connectivity index (χ1n) is 3.81. The Kier molecular flexibility index (Phi) is 5.40. The van der Waals surface area contributed by atoms with Gasteiger partial charge in [0.1, 0.15) is 0 Å². The van der Waals surface area contributed by atoms with Crippen molar-refractivity contribution in [2.75, 3.05) is 0 Å². The van der Waals surface area contributed by atoms with Crippen LogP contribution >= 0.6 is 0 Å². The Balaban J connectivity index is 4.82. The number of carboxylic acid groups (broad SMARTS) is 3. The van der Waals surface area contributed by atoms with Crippen molar-refractivity contribution in [1.82, 2.24) is 5.39 Å². The van der Waals surface area contributed by atoms with Crippen LogP contribution in [0.3, 0.4) is 0 Å². The molecule has 0 atom stereocenters. The van der Waals surface area contributed by atoms with Gasteiger partial charge < -0.3 is 15.3 Å². The van der Waals surface area contributed by atoms with E-state index < -0.39 is 41.2 Å². The minimum atomic E-state index is -2.23. The number of aliphatic carboxylic acids is 3. The molecule has 3 N–H and O–H groups in total. The topological polar surface area (TPSA) is 194 Å². The zero-order chi connectivity index (χ0) is 15.2. The second-order valence-corrected chi connectivity index (χ2v) is 2.28. The van der Waals surface area contributed by atoms with Gasteiger partial charge in [-0.3, -0.25) is 14.5 Å². The highest BCUT2D eigenvalue weighted by Gasteiger charge is 2.30. The van der Waals surface area contributed by atoms with Gasteiger partial charge in [-0.1, -0.05) is 0 Å². The summed E-state index contributed by atoms with van der Waals surface area (Å²) in [6, 6.07) is 0. The molecule has 0 spiro atoms. The number of rotatable bonds is 3. The summed E-state index contributed by atoms with van der Waals surface area (Å²) in [5, 5.41) is 23.3. The fourth-order valence-electron chi connectivity index (χ4n) is 0.376. The summed E-state index contributed by atoms with van der Waals surface area (Å²) < 4.78 is 0. The van der Waals surface area contributed by atoms with E-state index in [9.17, 15) is 28.8 Å². The van der Waals surface area contributed by atoms with E-state index in [-0.39, 0.29) is 0 Å². The summed E-state index contributed by atoms with van der Waals surface area (Å²) in [6.45, 7) is 0. The average Bonchev–Trinajstić information content (AvgIpc) is 2.27. The molecule has 0 aliphatic heterocycles. The minimum absolute atomic E-state index is 0.969. The van der Waals surface area contributed by atoms with Gasteiger partial charge in [0.25, 0.3) is 0 Å². The van der Waals surface area contributed by atoms with Crippen LogP contribution in [0.1, 0.15) is 0 Å². The lowest BCUT2D eigenvalue weighted by Crippen LogP contribution is -2.38. The van der Waals surface area contributed by atoms with Gasteiger partial charge in [0.05, 0.1) is 0 Å². The highest BCUT2D eigenvalue weighted by Crippen LogP contribution is 1.98. The first kappa shape index (κ1) is 15.8. The van der Waals surface area contributed by atoms with E-state index in [4.69, 9.17) is 15.3 Å². The summed E-state index contributed by atoms with van der Waals surface area (Å²) in [5.41, 5.74) is 0. The second-order valence-electron chi connectivity index (χ2n) is 2.28. The molecule has 0 aromatic heterocycles.